The van der Waals surface area contributed by atoms with Gasteiger partial charge in [-0.15, -0.1) is 0 Å². The van der Waals surface area contributed by atoms with E-state index in [4.69, 9.17) is 4.74 Å². The van der Waals surface area contributed by atoms with Crippen LogP contribution in [0.1, 0.15) is 16.8 Å². The highest BCUT2D eigenvalue weighted by atomic mass is 79.9. The lowest BCUT2D eigenvalue weighted by Crippen LogP contribution is -2.31. The van der Waals surface area contributed by atoms with Crippen molar-refractivity contribution in [2.75, 3.05) is 13.7 Å². The first-order valence-electron chi connectivity index (χ1n) is 5.37. The Morgan fingerprint density at radius 1 is 1.59 bits per heavy atom. The van der Waals surface area contributed by atoms with Crippen LogP contribution in [0.15, 0.2) is 22.7 Å². The molecule has 0 amide bonds. The summed E-state index contributed by atoms with van der Waals surface area (Å²) in [6.07, 6.45) is 0.612. The summed E-state index contributed by atoms with van der Waals surface area (Å²) < 4.78 is 19.4. The first-order chi connectivity index (χ1) is 8.11. The second-order valence-corrected chi connectivity index (χ2v) is 4.96. The van der Waals surface area contributed by atoms with Crippen LogP contribution in [-0.2, 0) is 4.74 Å². The molecule has 92 valence electrons. The number of carbonyl (C=O) groups excluding carboxylic acids is 1. The van der Waals surface area contributed by atoms with Gasteiger partial charge < -0.3 is 10.1 Å². The minimum Gasteiger partial charge on any atom is -0.380 e. The van der Waals surface area contributed by atoms with E-state index in [2.05, 4.69) is 21.2 Å². The average Bonchev–Trinajstić information content (AvgIpc) is 2.80. The highest BCUT2D eigenvalue weighted by molar-refractivity contribution is 9.10. The smallest absolute Gasteiger partial charge is 0.182 e. The first-order valence-corrected chi connectivity index (χ1v) is 6.16. The van der Waals surface area contributed by atoms with Crippen molar-refractivity contribution in [1.82, 2.24) is 5.32 Å². The molecular weight excluding hydrogens is 289 g/mol. The Morgan fingerprint density at radius 2 is 2.35 bits per heavy atom. The molecule has 0 radical (unpaired) electrons. The van der Waals surface area contributed by atoms with E-state index in [0.717, 1.165) is 0 Å². The van der Waals surface area contributed by atoms with E-state index in [1.54, 1.807) is 13.2 Å². The van der Waals surface area contributed by atoms with Gasteiger partial charge in [0.15, 0.2) is 5.78 Å². The number of hydrogen-bond donors (Lipinski definition) is 1. The summed E-state index contributed by atoms with van der Waals surface area (Å²) in [5.41, 5.74) is 0.119. The SMILES string of the molecule is COC1CNC(C(=O)c2cc(Br)ccc2F)C1. The number of carbonyl (C=O) groups is 1. The fourth-order valence-corrected chi connectivity index (χ4v) is 2.32. The summed E-state index contributed by atoms with van der Waals surface area (Å²) in [7, 11) is 1.61. The van der Waals surface area contributed by atoms with Gasteiger partial charge in [-0.3, -0.25) is 4.79 Å². The summed E-state index contributed by atoms with van der Waals surface area (Å²) in [6.45, 7) is 0.628. The molecule has 0 aliphatic carbocycles. The number of nitrogens with one attached hydrogen (secondary N) is 1. The second kappa shape index (κ2) is 5.25. The van der Waals surface area contributed by atoms with Crippen molar-refractivity contribution in [3.05, 3.63) is 34.1 Å². The van der Waals surface area contributed by atoms with Gasteiger partial charge in [-0.2, -0.15) is 0 Å². The summed E-state index contributed by atoms with van der Waals surface area (Å²) >= 11 is 3.23. The van der Waals surface area contributed by atoms with Crippen molar-refractivity contribution < 1.29 is 13.9 Å². The topological polar surface area (TPSA) is 38.3 Å². The molecule has 0 spiro atoms. The average molecular weight is 302 g/mol. The Labute approximate surface area is 107 Å². The Bertz CT molecular complexity index is 439. The van der Waals surface area contributed by atoms with Gasteiger partial charge in [0.1, 0.15) is 5.82 Å². The van der Waals surface area contributed by atoms with E-state index in [1.807, 2.05) is 0 Å². The normalized spacial score (nSPS) is 23.9. The minimum atomic E-state index is -0.485. The van der Waals surface area contributed by atoms with Crippen molar-refractivity contribution in [2.45, 2.75) is 18.6 Å². The van der Waals surface area contributed by atoms with Crippen molar-refractivity contribution in [3.63, 3.8) is 0 Å². The van der Waals surface area contributed by atoms with E-state index < -0.39 is 5.82 Å². The molecule has 1 aliphatic rings. The molecule has 1 fully saturated rings. The Hall–Kier alpha value is -0.780. The molecule has 2 unspecified atom stereocenters. The third kappa shape index (κ3) is 2.73. The molecule has 0 saturated carbocycles. The van der Waals surface area contributed by atoms with Crippen molar-refractivity contribution in [2.24, 2.45) is 0 Å². The molecule has 1 N–H and O–H groups in total. The minimum absolute atomic E-state index is 0.0270. The number of methoxy groups -OCH3 is 1. The van der Waals surface area contributed by atoms with Crippen LogP contribution in [-0.4, -0.2) is 31.6 Å². The van der Waals surface area contributed by atoms with Crippen LogP contribution < -0.4 is 5.32 Å². The molecule has 17 heavy (non-hydrogen) atoms. The summed E-state index contributed by atoms with van der Waals surface area (Å²) in [4.78, 5) is 12.1. The van der Waals surface area contributed by atoms with E-state index >= 15 is 0 Å². The van der Waals surface area contributed by atoms with Gasteiger partial charge in [-0.05, 0) is 24.6 Å². The lowest BCUT2D eigenvalue weighted by Gasteiger charge is -2.10. The van der Waals surface area contributed by atoms with Crippen LogP contribution in [0.25, 0.3) is 0 Å². The van der Waals surface area contributed by atoms with Crippen LogP contribution in [0.2, 0.25) is 0 Å². The number of halogens is 2. The maximum atomic E-state index is 13.6. The van der Waals surface area contributed by atoms with Crippen molar-refractivity contribution in [1.29, 1.82) is 0 Å². The van der Waals surface area contributed by atoms with E-state index in [9.17, 15) is 9.18 Å². The molecule has 1 heterocycles. The lowest BCUT2D eigenvalue weighted by atomic mass is 10.0. The highest BCUT2D eigenvalue weighted by Gasteiger charge is 2.31. The molecule has 1 saturated heterocycles. The lowest BCUT2D eigenvalue weighted by molar-refractivity contribution is 0.0915. The standard InChI is InChI=1S/C12H13BrFNO2/c1-17-8-5-11(15-6-8)12(16)9-4-7(13)2-3-10(9)14/h2-4,8,11,15H,5-6H2,1H3. The van der Waals surface area contributed by atoms with Crippen LogP contribution in [0.3, 0.4) is 0 Å². The molecule has 2 atom stereocenters. The predicted molar refractivity (Wildman–Crippen MR) is 65.6 cm³/mol. The molecule has 1 aromatic rings. The Morgan fingerprint density at radius 3 is 3.00 bits per heavy atom. The summed E-state index contributed by atoms with van der Waals surface area (Å²) in [5.74, 6) is -0.704. The number of benzene rings is 1. The van der Waals surface area contributed by atoms with E-state index in [-0.39, 0.29) is 23.5 Å². The molecule has 1 aromatic carbocycles. The fourth-order valence-electron chi connectivity index (χ4n) is 1.96. The molecule has 0 aromatic heterocycles. The molecule has 1 aliphatic heterocycles. The van der Waals surface area contributed by atoms with Gasteiger partial charge in [0.2, 0.25) is 0 Å². The van der Waals surface area contributed by atoms with E-state index in [1.165, 1.54) is 12.1 Å². The Balaban J connectivity index is 2.17. The van der Waals surface area contributed by atoms with Crippen LogP contribution in [0.5, 0.6) is 0 Å². The number of Topliss-reactive ketones (excluding diaryl/α,β-unsaturated/α-hetero) is 1. The monoisotopic (exact) mass is 301 g/mol. The number of rotatable bonds is 3. The zero-order valence-corrected chi connectivity index (χ0v) is 11.0. The highest BCUT2D eigenvalue weighted by Crippen LogP contribution is 2.20. The molecule has 2 rings (SSSR count). The summed E-state index contributed by atoms with van der Waals surface area (Å²) in [5, 5.41) is 3.05. The zero-order chi connectivity index (χ0) is 12.4. The zero-order valence-electron chi connectivity index (χ0n) is 9.37. The first kappa shape index (κ1) is 12.7. The van der Waals surface area contributed by atoms with Crippen LogP contribution in [0.4, 0.5) is 4.39 Å². The third-order valence-corrected chi connectivity index (χ3v) is 3.43. The molecule has 3 nitrogen and oxygen atoms in total. The van der Waals surface area contributed by atoms with Gasteiger partial charge in [0.05, 0.1) is 17.7 Å². The van der Waals surface area contributed by atoms with E-state index in [0.29, 0.717) is 17.4 Å². The van der Waals surface area contributed by atoms with Crippen molar-refractivity contribution in [3.8, 4) is 0 Å². The molecular formula is C12H13BrFNO2. The summed E-state index contributed by atoms with van der Waals surface area (Å²) in [6, 6.07) is 4.02. The number of ketones is 1. The largest absolute Gasteiger partial charge is 0.380 e. The second-order valence-electron chi connectivity index (χ2n) is 4.04. The number of hydrogen-bond acceptors (Lipinski definition) is 3. The quantitative estimate of drug-likeness (QED) is 0.870. The third-order valence-electron chi connectivity index (χ3n) is 2.93. The van der Waals surface area contributed by atoms with Gasteiger partial charge in [-0.1, -0.05) is 15.9 Å². The van der Waals surface area contributed by atoms with Gasteiger partial charge >= 0.3 is 0 Å². The maximum Gasteiger partial charge on any atom is 0.182 e. The van der Waals surface area contributed by atoms with Crippen LogP contribution in [0, 0.1) is 5.82 Å². The van der Waals surface area contributed by atoms with Gasteiger partial charge in [0.25, 0.3) is 0 Å². The predicted octanol–water partition coefficient (Wildman–Crippen LogP) is 2.15. The Kier molecular flexibility index (Phi) is 3.91. The fraction of sp³-hybridized carbons (Fsp3) is 0.417. The molecule has 5 heteroatoms. The van der Waals surface area contributed by atoms with Gasteiger partial charge in [-0.25, -0.2) is 4.39 Å². The molecule has 0 bridgehead atoms. The number of ether oxygens (including phenoxy) is 1. The van der Waals surface area contributed by atoms with Gasteiger partial charge in [0, 0.05) is 18.1 Å². The van der Waals surface area contributed by atoms with Crippen molar-refractivity contribution >= 4 is 21.7 Å². The van der Waals surface area contributed by atoms with Crippen LogP contribution >= 0.6 is 15.9 Å². The maximum absolute atomic E-state index is 13.6.